The van der Waals surface area contributed by atoms with E-state index in [1.54, 1.807) is 13.8 Å². The van der Waals surface area contributed by atoms with Crippen LogP contribution in [-0.4, -0.2) is 111 Å². The Kier molecular flexibility index (Phi) is 17.1. The number of amides is 7. The van der Waals surface area contributed by atoms with Gasteiger partial charge in [0.1, 0.15) is 29.7 Å². The number of β-amino-alcohol motifs (C(OH)–C–C–N with tert-alkyl or cyclic N) is 1. The van der Waals surface area contributed by atoms with Crippen LogP contribution < -0.4 is 32.3 Å². The Morgan fingerprint density at radius 1 is 0.837 bits per heavy atom. The normalized spacial score (nSPS) is 18.8. The first kappa shape index (κ1) is 43.2. The Bertz CT molecular complexity index is 1190. The maximum absolute atomic E-state index is 13.7. The van der Waals surface area contributed by atoms with Crippen LogP contribution in [0, 0.1) is 17.8 Å². The summed E-state index contributed by atoms with van der Waals surface area (Å²) in [6.45, 7) is 14.7. The zero-order valence-electron chi connectivity index (χ0n) is 30.4. The van der Waals surface area contributed by atoms with Crippen molar-refractivity contribution in [3.05, 3.63) is 0 Å². The molecule has 0 aromatic carbocycles. The van der Waals surface area contributed by atoms with Crippen molar-refractivity contribution in [3.8, 4) is 0 Å². The summed E-state index contributed by atoms with van der Waals surface area (Å²) in [6, 6.07) is -5.17. The van der Waals surface area contributed by atoms with Crippen molar-refractivity contribution in [1.29, 1.82) is 0 Å². The number of carbonyl (C=O) groups is 7. The van der Waals surface area contributed by atoms with Gasteiger partial charge in [0.2, 0.25) is 41.4 Å². The van der Waals surface area contributed by atoms with E-state index in [1.165, 1.54) is 25.7 Å². The summed E-state index contributed by atoms with van der Waals surface area (Å²) in [6.07, 6.45) is -0.748. The van der Waals surface area contributed by atoms with E-state index in [1.807, 2.05) is 27.7 Å². The Morgan fingerprint density at radius 2 is 1.41 bits per heavy atom. The molecule has 1 rings (SSSR count). The molecule has 1 aliphatic rings. The van der Waals surface area contributed by atoms with E-state index in [4.69, 9.17) is 5.73 Å². The van der Waals surface area contributed by atoms with Gasteiger partial charge in [-0.3, -0.25) is 33.6 Å². The Morgan fingerprint density at radius 3 is 1.90 bits per heavy atom. The quantitative estimate of drug-likeness (QED) is 0.0807. The summed E-state index contributed by atoms with van der Waals surface area (Å²) in [5, 5.41) is 33.3. The molecule has 0 radical (unpaired) electrons. The Labute approximate surface area is 289 Å². The second-order valence-corrected chi connectivity index (χ2v) is 14.7. The van der Waals surface area contributed by atoms with Gasteiger partial charge in [0.25, 0.3) is 0 Å². The molecule has 280 valence electrons. The van der Waals surface area contributed by atoms with Crippen LogP contribution in [0.25, 0.3) is 0 Å². The molecule has 0 aromatic heterocycles. The first-order chi connectivity index (χ1) is 22.6. The van der Waals surface area contributed by atoms with Gasteiger partial charge in [-0.25, -0.2) is 0 Å². The predicted molar refractivity (Wildman–Crippen MR) is 181 cm³/mol. The molecule has 16 heteroatoms. The van der Waals surface area contributed by atoms with Gasteiger partial charge < -0.3 is 47.4 Å². The highest BCUT2D eigenvalue weighted by molar-refractivity contribution is 5.97. The summed E-state index contributed by atoms with van der Waals surface area (Å²) >= 11 is 0. The van der Waals surface area contributed by atoms with Crippen molar-refractivity contribution in [2.45, 2.75) is 136 Å². The topological polar surface area (TPSA) is 249 Å². The number of nitrogens with one attached hydrogen (secondary N) is 5. The van der Waals surface area contributed by atoms with Crippen LogP contribution in [0.5, 0.6) is 0 Å². The fourth-order valence-electron chi connectivity index (χ4n) is 5.77. The molecule has 16 nitrogen and oxygen atoms in total. The lowest BCUT2D eigenvalue weighted by atomic mass is 9.98. The molecular weight excluding hydrogens is 638 g/mol. The van der Waals surface area contributed by atoms with Crippen molar-refractivity contribution < 1.29 is 43.8 Å². The van der Waals surface area contributed by atoms with E-state index in [-0.39, 0.29) is 50.7 Å². The third-order valence-corrected chi connectivity index (χ3v) is 8.09. The van der Waals surface area contributed by atoms with Crippen molar-refractivity contribution in [2.75, 3.05) is 13.2 Å². The highest BCUT2D eigenvalue weighted by Crippen LogP contribution is 2.23. The molecule has 1 aliphatic heterocycles. The lowest BCUT2D eigenvalue weighted by Gasteiger charge is -2.33. The van der Waals surface area contributed by atoms with Crippen LogP contribution in [0.4, 0.5) is 0 Å². The zero-order valence-corrected chi connectivity index (χ0v) is 30.4. The van der Waals surface area contributed by atoms with E-state index in [0.29, 0.717) is 6.42 Å². The molecule has 0 saturated carbocycles. The molecule has 0 spiro atoms. The molecular formula is C33H59N7O9. The second kappa shape index (κ2) is 19.4. The van der Waals surface area contributed by atoms with Crippen LogP contribution in [0.3, 0.4) is 0 Å². The smallest absolute Gasteiger partial charge is 0.248 e. The van der Waals surface area contributed by atoms with Crippen LogP contribution in [-0.2, 0) is 33.6 Å². The predicted octanol–water partition coefficient (Wildman–Crippen LogP) is -1.19. The average molecular weight is 698 g/mol. The molecule has 0 bridgehead atoms. The van der Waals surface area contributed by atoms with Crippen molar-refractivity contribution in [2.24, 2.45) is 23.5 Å². The van der Waals surface area contributed by atoms with Crippen LogP contribution in [0.15, 0.2) is 0 Å². The van der Waals surface area contributed by atoms with Crippen LogP contribution in [0.1, 0.15) is 94.4 Å². The Balaban J connectivity index is 3.20. The van der Waals surface area contributed by atoms with Gasteiger partial charge in [-0.15, -0.1) is 0 Å². The first-order valence-electron chi connectivity index (χ1n) is 17.0. The standard InChI is InChI=1S/C33H59N7O9/c1-17(2)12-21(16-41)35-28(45)23(10-11-26(34)44)36-31(48)27(19(5)6)38-29(46)24(13-18(3)4)37-30(47)25-14-22(43)15-40(25)32(49)33(8,9)39-20(7)42/h17-19,21-25,27,41,43H,10-16H2,1-9H3,(H2,34,44)(H,35,45)(H,36,48)(H,37,47)(H,38,46)(H,39,42)/t21-,22-,23-,24-,25-,27-/m0/s1. The van der Waals surface area contributed by atoms with Crippen molar-refractivity contribution in [3.63, 3.8) is 0 Å². The fraction of sp³-hybridized carbons (Fsp3) is 0.788. The van der Waals surface area contributed by atoms with Gasteiger partial charge in [-0.05, 0) is 50.9 Å². The maximum atomic E-state index is 13.7. The summed E-state index contributed by atoms with van der Waals surface area (Å²) < 4.78 is 0. The minimum atomic E-state index is -1.36. The number of nitrogens with zero attached hydrogens (tertiary/aromatic N) is 1. The number of aliphatic hydroxyl groups excluding tert-OH is 2. The van der Waals surface area contributed by atoms with Crippen LogP contribution in [0.2, 0.25) is 0 Å². The molecule has 0 aromatic rings. The van der Waals surface area contributed by atoms with Gasteiger partial charge in [-0.1, -0.05) is 41.5 Å². The third-order valence-electron chi connectivity index (χ3n) is 8.09. The molecule has 1 heterocycles. The summed E-state index contributed by atoms with van der Waals surface area (Å²) in [4.78, 5) is 91.7. The minimum absolute atomic E-state index is 0.0795. The minimum Gasteiger partial charge on any atom is -0.394 e. The number of nitrogens with two attached hydrogens (primary N) is 1. The molecule has 6 atom stereocenters. The van der Waals surface area contributed by atoms with Gasteiger partial charge >= 0.3 is 0 Å². The highest BCUT2D eigenvalue weighted by Gasteiger charge is 2.45. The number of likely N-dealkylation sites (tertiary alicyclic amines) is 1. The monoisotopic (exact) mass is 697 g/mol. The van der Waals surface area contributed by atoms with Crippen molar-refractivity contribution >= 4 is 41.4 Å². The molecule has 9 N–H and O–H groups in total. The highest BCUT2D eigenvalue weighted by atomic mass is 16.3. The lowest BCUT2D eigenvalue weighted by molar-refractivity contribution is -0.145. The molecule has 0 aliphatic carbocycles. The summed E-state index contributed by atoms with van der Waals surface area (Å²) in [5.41, 5.74) is 3.94. The van der Waals surface area contributed by atoms with E-state index >= 15 is 0 Å². The summed E-state index contributed by atoms with van der Waals surface area (Å²) in [7, 11) is 0. The van der Waals surface area contributed by atoms with Gasteiger partial charge in [0, 0.05) is 26.3 Å². The van der Waals surface area contributed by atoms with Gasteiger partial charge in [-0.2, -0.15) is 0 Å². The fourth-order valence-corrected chi connectivity index (χ4v) is 5.77. The SMILES string of the molecule is CC(=O)NC(C)(C)C(=O)N1C[C@@H](O)C[C@H]1C(=O)N[C@@H](CC(C)C)C(=O)N[C@H](C(=O)N[C@@H](CCC(N)=O)C(=O)N[C@H](CO)CC(C)C)C(C)C. The van der Waals surface area contributed by atoms with E-state index < -0.39 is 89.1 Å². The molecule has 1 saturated heterocycles. The van der Waals surface area contributed by atoms with Gasteiger partial charge in [0.15, 0.2) is 0 Å². The van der Waals surface area contributed by atoms with Crippen molar-refractivity contribution in [1.82, 2.24) is 31.5 Å². The first-order valence-corrected chi connectivity index (χ1v) is 17.0. The van der Waals surface area contributed by atoms with E-state index in [2.05, 4.69) is 26.6 Å². The second-order valence-electron chi connectivity index (χ2n) is 14.7. The number of carbonyl (C=O) groups excluding carboxylic acids is 7. The number of rotatable bonds is 19. The largest absolute Gasteiger partial charge is 0.394 e. The lowest BCUT2D eigenvalue weighted by Crippen LogP contribution is -2.61. The Hall–Kier alpha value is -3.79. The number of primary amides is 1. The number of hydrogen-bond donors (Lipinski definition) is 8. The average Bonchev–Trinajstić information content (AvgIpc) is 3.36. The van der Waals surface area contributed by atoms with Crippen LogP contribution >= 0.6 is 0 Å². The molecule has 7 amide bonds. The van der Waals surface area contributed by atoms with E-state index in [9.17, 15) is 43.8 Å². The summed E-state index contributed by atoms with van der Waals surface area (Å²) in [5.74, 6) is -4.78. The maximum Gasteiger partial charge on any atom is 0.248 e. The number of aliphatic hydroxyl groups is 2. The molecule has 1 fully saturated rings. The third kappa shape index (κ3) is 14.3. The zero-order chi connectivity index (χ0) is 37.8. The van der Waals surface area contributed by atoms with Gasteiger partial charge in [0.05, 0.1) is 18.8 Å². The van der Waals surface area contributed by atoms with E-state index in [0.717, 1.165) is 0 Å². The molecule has 49 heavy (non-hydrogen) atoms. The molecule has 0 unspecified atom stereocenters. The number of hydrogen-bond acceptors (Lipinski definition) is 9.